The van der Waals surface area contributed by atoms with Gasteiger partial charge in [0.2, 0.25) is 0 Å². The van der Waals surface area contributed by atoms with E-state index in [9.17, 15) is 0 Å². The monoisotopic (exact) mass is 248 g/mol. The third-order valence-electron chi connectivity index (χ3n) is 3.25. The molecule has 4 nitrogen and oxygen atoms in total. The first-order valence-electron chi connectivity index (χ1n) is 5.72. The fourth-order valence-corrected chi connectivity index (χ4v) is 2.15. The lowest BCUT2D eigenvalue weighted by Gasteiger charge is -2.22. The Morgan fingerprint density at radius 2 is 2.18 bits per heavy atom. The van der Waals surface area contributed by atoms with Crippen molar-refractivity contribution in [1.29, 1.82) is 0 Å². The van der Waals surface area contributed by atoms with Gasteiger partial charge in [-0.1, -0.05) is 18.0 Å². The maximum absolute atomic E-state index is 5.95. The smallest absolute Gasteiger partial charge is 0.183 e. The fourth-order valence-electron chi connectivity index (χ4n) is 1.98. The van der Waals surface area contributed by atoms with E-state index >= 15 is 0 Å². The van der Waals surface area contributed by atoms with E-state index in [1.54, 1.807) is 18.2 Å². The van der Waals surface area contributed by atoms with Crippen LogP contribution in [0.4, 0.5) is 5.69 Å². The van der Waals surface area contributed by atoms with Crippen molar-refractivity contribution in [2.24, 2.45) is 0 Å². The Kier molecular flexibility index (Phi) is 2.52. The average Bonchev–Trinajstić information content (AvgIpc) is 2.68. The van der Waals surface area contributed by atoms with E-state index < -0.39 is 0 Å². The molecule has 1 saturated carbocycles. The number of nitrogens with one attached hydrogen (secondary N) is 1. The van der Waals surface area contributed by atoms with E-state index in [1.165, 1.54) is 19.3 Å². The number of hydrogen-bond acceptors (Lipinski definition) is 3. The summed E-state index contributed by atoms with van der Waals surface area (Å²) in [5, 5.41) is 7.85. The van der Waals surface area contributed by atoms with Gasteiger partial charge in [-0.15, -0.1) is 0 Å². The molecule has 0 radical (unpaired) electrons. The van der Waals surface area contributed by atoms with Crippen LogP contribution in [0.5, 0.6) is 0 Å². The molecule has 3 N–H and O–H groups in total. The summed E-state index contributed by atoms with van der Waals surface area (Å²) in [4.78, 5) is 4.50. The summed E-state index contributed by atoms with van der Waals surface area (Å²) in [7, 11) is 0. The summed E-state index contributed by atoms with van der Waals surface area (Å²) in [6, 6.07) is 5.33. The van der Waals surface area contributed by atoms with Gasteiger partial charge in [0.1, 0.15) is 5.82 Å². The van der Waals surface area contributed by atoms with Crippen LogP contribution in [0.2, 0.25) is 5.02 Å². The van der Waals surface area contributed by atoms with Crippen molar-refractivity contribution in [2.45, 2.75) is 25.2 Å². The molecule has 1 fully saturated rings. The van der Waals surface area contributed by atoms with E-state index in [2.05, 4.69) is 15.2 Å². The van der Waals surface area contributed by atoms with Crippen LogP contribution in [0.15, 0.2) is 18.2 Å². The molecular formula is C12H13ClN4. The van der Waals surface area contributed by atoms with Crippen LogP contribution in [0.3, 0.4) is 0 Å². The molecule has 1 aliphatic carbocycles. The van der Waals surface area contributed by atoms with Gasteiger partial charge in [0.05, 0.1) is 0 Å². The summed E-state index contributed by atoms with van der Waals surface area (Å²) in [5.74, 6) is 2.13. The molecule has 0 bridgehead atoms. The Morgan fingerprint density at radius 3 is 2.88 bits per heavy atom. The topological polar surface area (TPSA) is 67.6 Å². The molecule has 2 aromatic rings. The van der Waals surface area contributed by atoms with Gasteiger partial charge in [0.25, 0.3) is 0 Å². The number of anilines is 1. The summed E-state index contributed by atoms with van der Waals surface area (Å²) < 4.78 is 0. The van der Waals surface area contributed by atoms with Crippen LogP contribution >= 0.6 is 11.6 Å². The Hall–Kier alpha value is -1.55. The molecule has 0 aliphatic heterocycles. The molecule has 17 heavy (non-hydrogen) atoms. The summed E-state index contributed by atoms with van der Waals surface area (Å²) in [5.41, 5.74) is 7.34. The van der Waals surface area contributed by atoms with Gasteiger partial charge in [-0.2, -0.15) is 5.10 Å². The van der Waals surface area contributed by atoms with Crippen molar-refractivity contribution < 1.29 is 0 Å². The maximum Gasteiger partial charge on any atom is 0.183 e. The van der Waals surface area contributed by atoms with Crippen LogP contribution in [-0.4, -0.2) is 15.2 Å². The molecule has 1 aromatic carbocycles. The second-order valence-electron chi connectivity index (χ2n) is 4.40. The molecule has 1 aliphatic rings. The van der Waals surface area contributed by atoms with Crippen molar-refractivity contribution >= 4 is 17.3 Å². The zero-order valence-electron chi connectivity index (χ0n) is 9.28. The number of hydrogen-bond donors (Lipinski definition) is 2. The average molecular weight is 249 g/mol. The minimum atomic E-state index is 0.539. The third-order valence-corrected chi connectivity index (χ3v) is 3.49. The molecule has 88 valence electrons. The molecule has 0 amide bonds. The number of nitrogens with two attached hydrogens (primary N) is 1. The Bertz CT molecular complexity index is 545. The summed E-state index contributed by atoms with van der Waals surface area (Å²) in [6.07, 6.45) is 3.67. The van der Waals surface area contributed by atoms with Gasteiger partial charge >= 0.3 is 0 Å². The Balaban J connectivity index is 1.97. The predicted octanol–water partition coefficient (Wildman–Crippen LogP) is 2.97. The molecular weight excluding hydrogens is 236 g/mol. The first kappa shape index (κ1) is 10.6. The van der Waals surface area contributed by atoms with Crippen molar-refractivity contribution in [1.82, 2.24) is 15.2 Å². The van der Waals surface area contributed by atoms with Crippen molar-refractivity contribution in [3.8, 4) is 11.4 Å². The van der Waals surface area contributed by atoms with Gasteiger partial charge < -0.3 is 5.73 Å². The van der Waals surface area contributed by atoms with Crippen LogP contribution in [-0.2, 0) is 0 Å². The summed E-state index contributed by atoms with van der Waals surface area (Å²) in [6.45, 7) is 0. The lowest BCUT2D eigenvalue weighted by atomic mass is 9.85. The van der Waals surface area contributed by atoms with Crippen LogP contribution in [0, 0.1) is 0 Å². The molecule has 0 spiro atoms. The van der Waals surface area contributed by atoms with E-state index in [1.807, 2.05) is 0 Å². The predicted molar refractivity (Wildman–Crippen MR) is 67.8 cm³/mol. The minimum absolute atomic E-state index is 0.539. The van der Waals surface area contributed by atoms with Crippen LogP contribution in [0.1, 0.15) is 31.0 Å². The first-order valence-corrected chi connectivity index (χ1v) is 6.09. The highest BCUT2D eigenvalue weighted by atomic mass is 35.5. The number of aromatic nitrogens is 3. The van der Waals surface area contributed by atoms with Crippen molar-refractivity contribution in [3.05, 3.63) is 29.0 Å². The normalized spacial score (nSPS) is 15.8. The second kappa shape index (κ2) is 4.04. The van der Waals surface area contributed by atoms with Crippen molar-refractivity contribution in [2.75, 3.05) is 5.73 Å². The van der Waals surface area contributed by atoms with E-state index in [0.29, 0.717) is 22.5 Å². The highest BCUT2D eigenvalue weighted by molar-refractivity contribution is 6.31. The van der Waals surface area contributed by atoms with Crippen molar-refractivity contribution in [3.63, 3.8) is 0 Å². The number of benzene rings is 1. The molecule has 0 atom stereocenters. The summed E-state index contributed by atoms with van der Waals surface area (Å²) >= 11 is 5.95. The van der Waals surface area contributed by atoms with Crippen LogP contribution < -0.4 is 5.73 Å². The van der Waals surface area contributed by atoms with Crippen LogP contribution in [0.25, 0.3) is 11.4 Å². The van der Waals surface area contributed by atoms with Gasteiger partial charge in [-0.25, -0.2) is 4.98 Å². The minimum Gasteiger partial charge on any atom is -0.398 e. The number of rotatable bonds is 2. The highest BCUT2D eigenvalue weighted by Crippen LogP contribution is 2.35. The zero-order chi connectivity index (χ0) is 11.8. The zero-order valence-corrected chi connectivity index (χ0v) is 10.0. The lowest BCUT2D eigenvalue weighted by molar-refractivity contribution is 0.402. The highest BCUT2D eigenvalue weighted by Gasteiger charge is 2.23. The fraction of sp³-hybridized carbons (Fsp3) is 0.333. The Morgan fingerprint density at radius 1 is 1.35 bits per heavy atom. The number of H-pyrrole nitrogens is 1. The number of nitrogens with zero attached hydrogens (tertiary/aromatic N) is 2. The number of nitrogen functional groups attached to an aromatic ring is 1. The van der Waals surface area contributed by atoms with Gasteiger partial charge in [0, 0.05) is 22.2 Å². The molecule has 0 saturated heterocycles. The maximum atomic E-state index is 5.95. The van der Waals surface area contributed by atoms with E-state index in [4.69, 9.17) is 17.3 Å². The van der Waals surface area contributed by atoms with E-state index in [-0.39, 0.29) is 0 Å². The number of aromatic amines is 1. The Labute approximate surface area is 104 Å². The quantitative estimate of drug-likeness (QED) is 0.803. The first-order chi connectivity index (χ1) is 8.24. The van der Waals surface area contributed by atoms with Gasteiger partial charge in [-0.05, 0) is 31.0 Å². The van der Waals surface area contributed by atoms with E-state index in [0.717, 1.165) is 11.4 Å². The number of halogens is 1. The molecule has 5 heteroatoms. The lowest BCUT2D eigenvalue weighted by Crippen LogP contribution is -2.10. The SMILES string of the molecule is Nc1ccc(Cl)cc1-c1n[nH]c(C2CCC2)n1. The second-order valence-corrected chi connectivity index (χ2v) is 4.84. The largest absolute Gasteiger partial charge is 0.398 e. The third kappa shape index (κ3) is 1.89. The molecule has 0 unspecified atom stereocenters. The van der Waals surface area contributed by atoms with Gasteiger partial charge in [0.15, 0.2) is 5.82 Å². The molecule has 3 rings (SSSR count). The standard InChI is InChI=1S/C12H13ClN4/c13-8-4-5-10(14)9(6-8)12-15-11(16-17-12)7-2-1-3-7/h4-7H,1-3,14H2,(H,15,16,17). The molecule has 1 aromatic heterocycles. The molecule has 1 heterocycles. The van der Waals surface area contributed by atoms with Gasteiger partial charge in [-0.3, -0.25) is 5.10 Å².